The average Bonchev–Trinajstić information content (AvgIpc) is 2.28. The maximum atomic E-state index is 6.19. The van der Waals surface area contributed by atoms with E-state index in [1.807, 2.05) is 31.2 Å². The van der Waals surface area contributed by atoms with Gasteiger partial charge in [-0.05, 0) is 24.5 Å². The first-order valence-electron chi connectivity index (χ1n) is 6.06. The Bertz CT molecular complexity index is 362. The van der Waals surface area contributed by atoms with Crippen LogP contribution in [0.4, 0.5) is 0 Å². The molecule has 8 N–H and O–H groups in total. The van der Waals surface area contributed by atoms with Crippen molar-refractivity contribution in [3.05, 3.63) is 35.4 Å². The molecule has 0 aromatic heterocycles. The van der Waals surface area contributed by atoms with Gasteiger partial charge in [0.15, 0.2) is 0 Å². The standard InChI is InChI=1S/C13H24N4/c1-3-6-11(14)12(15)13(16,17)10-8-5-4-7-9(10)2/h4-5,7-8,11-12H,3,6,14-17H2,1-2H3. The molecule has 1 aromatic rings. The van der Waals surface area contributed by atoms with E-state index in [4.69, 9.17) is 22.9 Å². The Hall–Kier alpha value is -0.940. The van der Waals surface area contributed by atoms with E-state index in [0.29, 0.717) is 0 Å². The fraction of sp³-hybridized carbons (Fsp3) is 0.538. The van der Waals surface area contributed by atoms with E-state index in [1.165, 1.54) is 0 Å². The van der Waals surface area contributed by atoms with Crippen molar-refractivity contribution in [2.75, 3.05) is 0 Å². The predicted molar refractivity (Wildman–Crippen MR) is 72.1 cm³/mol. The van der Waals surface area contributed by atoms with Gasteiger partial charge in [-0.15, -0.1) is 0 Å². The van der Waals surface area contributed by atoms with Crippen molar-refractivity contribution >= 4 is 0 Å². The zero-order chi connectivity index (χ0) is 13.1. The molecule has 0 aliphatic rings. The third-order valence-electron chi connectivity index (χ3n) is 3.25. The molecule has 0 aliphatic heterocycles. The van der Waals surface area contributed by atoms with Crippen LogP contribution in [0.1, 0.15) is 30.9 Å². The molecule has 0 amide bonds. The topological polar surface area (TPSA) is 104 Å². The molecule has 17 heavy (non-hydrogen) atoms. The molecule has 0 saturated heterocycles. The lowest BCUT2D eigenvalue weighted by Crippen LogP contribution is -2.65. The average molecular weight is 236 g/mol. The predicted octanol–water partition coefficient (Wildman–Crippen LogP) is 0.520. The zero-order valence-electron chi connectivity index (χ0n) is 10.7. The number of aryl methyl sites for hydroxylation is 1. The Morgan fingerprint density at radius 3 is 2.29 bits per heavy atom. The SMILES string of the molecule is CCCC(N)C(N)C(N)(N)c1ccccc1C. The first-order valence-corrected chi connectivity index (χ1v) is 6.06. The maximum Gasteiger partial charge on any atom is 0.107 e. The molecule has 0 spiro atoms. The van der Waals surface area contributed by atoms with Crippen LogP contribution < -0.4 is 22.9 Å². The van der Waals surface area contributed by atoms with Crippen LogP contribution in [0.2, 0.25) is 0 Å². The number of nitrogens with two attached hydrogens (primary N) is 4. The van der Waals surface area contributed by atoms with Crippen LogP contribution in [0, 0.1) is 6.92 Å². The summed E-state index contributed by atoms with van der Waals surface area (Å²) in [4.78, 5) is 0. The van der Waals surface area contributed by atoms with Crippen LogP contribution in [0.25, 0.3) is 0 Å². The Balaban J connectivity index is 2.98. The molecule has 4 nitrogen and oxygen atoms in total. The molecule has 0 radical (unpaired) electrons. The highest BCUT2D eigenvalue weighted by atomic mass is 15.0. The molecule has 2 atom stereocenters. The van der Waals surface area contributed by atoms with Crippen molar-refractivity contribution in [3.8, 4) is 0 Å². The molecule has 0 saturated carbocycles. The molecule has 0 aliphatic carbocycles. The van der Waals surface area contributed by atoms with Crippen molar-refractivity contribution in [2.24, 2.45) is 22.9 Å². The van der Waals surface area contributed by atoms with Crippen molar-refractivity contribution in [2.45, 2.75) is 44.4 Å². The summed E-state index contributed by atoms with van der Waals surface area (Å²) < 4.78 is 0. The second-order valence-electron chi connectivity index (χ2n) is 4.73. The van der Waals surface area contributed by atoms with Crippen LogP contribution in [0.5, 0.6) is 0 Å². The van der Waals surface area contributed by atoms with E-state index in [9.17, 15) is 0 Å². The van der Waals surface area contributed by atoms with Crippen LogP contribution in [0.3, 0.4) is 0 Å². The largest absolute Gasteiger partial charge is 0.326 e. The third-order valence-corrected chi connectivity index (χ3v) is 3.25. The number of hydrogen-bond donors (Lipinski definition) is 4. The second kappa shape index (κ2) is 5.60. The first-order chi connectivity index (χ1) is 7.91. The van der Waals surface area contributed by atoms with Crippen LogP contribution in [-0.2, 0) is 5.66 Å². The van der Waals surface area contributed by atoms with Gasteiger partial charge >= 0.3 is 0 Å². The summed E-state index contributed by atoms with van der Waals surface area (Å²) in [5, 5.41) is 0. The smallest absolute Gasteiger partial charge is 0.107 e. The van der Waals surface area contributed by atoms with Crippen LogP contribution >= 0.6 is 0 Å². The van der Waals surface area contributed by atoms with Gasteiger partial charge in [-0.25, -0.2) is 0 Å². The lowest BCUT2D eigenvalue weighted by atomic mass is 9.85. The van der Waals surface area contributed by atoms with Gasteiger partial charge < -0.3 is 22.9 Å². The number of rotatable bonds is 5. The summed E-state index contributed by atoms with van der Waals surface area (Å²) in [7, 11) is 0. The second-order valence-corrected chi connectivity index (χ2v) is 4.73. The van der Waals surface area contributed by atoms with Gasteiger partial charge in [0, 0.05) is 6.04 Å². The molecule has 1 aromatic carbocycles. The molecule has 96 valence electrons. The Labute approximate surface area is 103 Å². The maximum absolute atomic E-state index is 6.19. The molecular weight excluding hydrogens is 212 g/mol. The fourth-order valence-electron chi connectivity index (χ4n) is 2.11. The normalized spacial score (nSPS) is 15.6. The molecule has 1 rings (SSSR count). The molecule has 0 heterocycles. The summed E-state index contributed by atoms with van der Waals surface area (Å²) in [5.74, 6) is 0. The quantitative estimate of drug-likeness (QED) is 0.559. The third kappa shape index (κ3) is 3.04. The van der Waals surface area contributed by atoms with Crippen molar-refractivity contribution in [3.63, 3.8) is 0 Å². The van der Waals surface area contributed by atoms with E-state index in [1.54, 1.807) is 0 Å². The van der Waals surface area contributed by atoms with E-state index in [0.717, 1.165) is 24.0 Å². The Morgan fingerprint density at radius 1 is 1.18 bits per heavy atom. The van der Waals surface area contributed by atoms with Gasteiger partial charge in [-0.3, -0.25) is 0 Å². The van der Waals surface area contributed by atoms with Gasteiger partial charge in [-0.2, -0.15) is 0 Å². The summed E-state index contributed by atoms with van der Waals surface area (Å²) in [6.45, 7) is 4.04. The van der Waals surface area contributed by atoms with Gasteiger partial charge in [0.05, 0.1) is 6.04 Å². The minimum absolute atomic E-state index is 0.186. The molecule has 2 unspecified atom stereocenters. The van der Waals surface area contributed by atoms with E-state index >= 15 is 0 Å². The van der Waals surface area contributed by atoms with Crippen LogP contribution in [-0.4, -0.2) is 12.1 Å². The van der Waals surface area contributed by atoms with Crippen molar-refractivity contribution in [1.29, 1.82) is 0 Å². The number of hydrogen-bond acceptors (Lipinski definition) is 4. The molecule has 4 heteroatoms. The van der Waals surface area contributed by atoms with Gasteiger partial charge in [0.25, 0.3) is 0 Å². The van der Waals surface area contributed by atoms with Crippen molar-refractivity contribution in [1.82, 2.24) is 0 Å². The van der Waals surface area contributed by atoms with Crippen molar-refractivity contribution < 1.29 is 0 Å². The van der Waals surface area contributed by atoms with Gasteiger partial charge in [0.1, 0.15) is 5.66 Å². The minimum Gasteiger partial charge on any atom is -0.326 e. The van der Waals surface area contributed by atoms with Gasteiger partial charge in [0.2, 0.25) is 0 Å². The highest BCUT2D eigenvalue weighted by Gasteiger charge is 2.34. The lowest BCUT2D eigenvalue weighted by molar-refractivity contribution is 0.308. The lowest BCUT2D eigenvalue weighted by Gasteiger charge is -2.36. The monoisotopic (exact) mass is 236 g/mol. The molecular formula is C13H24N4. The summed E-state index contributed by atoms with van der Waals surface area (Å²) in [5.41, 5.74) is 25.3. The highest BCUT2D eigenvalue weighted by molar-refractivity contribution is 5.33. The molecule has 0 bridgehead atoms. The molecule has 0 fully saturated rings. The Kier molecular flexibility index (Phi) is 4.65. The highest BCUT2D eigenvalue weighted by Crippen LogP contribution is 2.21. The Morgan fingerprint density at radius 2 is 1.76 bits per heavy atom. The first kappa shape index (κ1) is 14.1. The van der Waals surface area contributed by atoms with E-state index in [-0.39, 0.29) is 6.04 Å². The summed E-state index contributed by atoms with van der Waals surface area (Å²) in [6.07, 6.45) is 1.79. The zero-order valence-corrected chi connectivity index (χ0v) is 10.7. The minimum atomic E-state index is -1.08. The van der Waals surface area contributed by atoms with E-state index < -0.39 is 11.7 Å². The van der Waals surface area contributed by atoms with Crippen LogP contribution in [0.15, 0.2) is 24.3 Å². The fourth-order valence-corrected chi connectivity index (χ4v) is 2.11. The summed E-state index contributed by atoms with van der Waals surface area (Å²) in [6, 6.07) is 7.11. The van der Waals surface area contributed by atoms with Gasteiger partial charge in [-0.1, -0.05) is 37.6 Å². The summed E-state index contributed by atoms with van der Waals surface area (Å²) >= 11 is 0. The van der Waals surface area contributed by atoms with E-state index in [2.05, 4.69) is 6.92 Å². The number of benzene rings is 1.